The summed E-state index contributed by atoms with van der Waals surface area (Å²) in [4.78, 5) is 4.72. The molecule has 0 bridgehead atoms. The number of hydrogen-bond acceptors (Lipinski definition) is 6. The van der Waals surface area contributed by atoms with Crippen LogP contribution < -0.4 is 9.64 Å². The number of nitrogens with zero attached hydrogens (tertiary/aromatic N) is 4. The normalized spacial score (nSPS) is 15.2. The van der Waals surface area contributed by atoms with Crippen molar-refractivity contribution in [2.45, 2.75) is 6.54 Å². The van der Waals surface area contributed by atoms with Gasteiger partial charge in [-0.3, -0.25) is 4.90 Å². The van der Waals surface area contributed by atoms with Crippen LogP contribution in [0.1, 0.15) is 5.89 Å². The van der Waals surface area contributed by atoms with Crippen LogP contribution in [0.25, 0.3) is 11.5 Å². The summed E-state index contributed by atoms with van der Waals surface area (Å²) in [5, 5.41) is 8.36. The second-order valence-corrected chi connectivity index (χ2v) is 6.33. The monoisotopic (exact) mass is 350 g/mol. The molecule has 0 aliphatic carbocycles. The van der Waals surface area contributed by atoms with Crippen molar-refractivity contribution in [3.63, 3.8) is 0 Å². The van der Waals surface area contributed by atoms with Gasteiger partial charge in [0.25, 0.3) is 0 Å². The third-order valence-corrected chi connectivity index (χ3v) is 4.64. The van der Waals surface area contributed by atoms with Crippen LogP contribution in [0.5, 0.6) is 5.75 Å². The van der Waals surface area contributed by atoms with Gasteiger partial charge in [0.2, 0.25) is 11.8 Å². The molecule has 0 atom stereocenters. The molecule has 1 aliphatic heterocycles. The highest BCUT2D eigenvalue weighted by molar-refractivity contribution is 5.52. The molecular formula is C20H22N4O2. The summed E-state index contributed by atoms with van der Waals surface area (Å²) in [7, 11) is 1.70. The summed E-state index contributed by atoms with van der Waals surface area (Å²) < 4.78 is 11.1. The SMILES string of the molecule is COc1cccc(N2CCN(Cc3nnc(-c4ccccc4)o3)CC2)c1. The van der Waals surface area contributed by atoms with Gasteiger partial charge in [-0.2, -0.15) is 0 Å². The highest BCUT2D eigenvalue weighted by Crippen LogP contribution is 2.23. The predicted molar refractivity (Wildman–Crippen MR) is 100 cm³/mol. The van der Waals surface area contributed by atoms with Crippen molar-refractivity contribution in [3.05, 3.63) is 60.5 Å². The first-order chi connectivity index (χ1) is 12.8. The van der Waals surface area contributed by atoms with Gasteiger partial charge in [0.15, 0.2) is 0 Å². The van der Waals surface area contributed by atoms with Crippen LogP contribution in [0.2, 0.25) is 0 Å². The molecule has 0 N–H and O–H groups in total. The molecule has 134 valence electrons. The average Bonchev–Trinajstić information content (AvgIpc) is 3.18. The molecule has 3 aromatic rings. The molecule has 6 heteroatoms. The fourth-order valence-electron chi connectivity index (χ4n) is 3.18. The van der Waals surface area contributed by atoms with Crippen LogP contribution in [-0.2, 0) is 6.54 Å². The van der Waals surface area contributed by atoms with Gasteiger partial charge in [-0.15, -0.1) is 10.2 Å². The molecule has 0 amide bonds. The second kappa shape index (κ2) is 7.58. The van der Waals surface area contributed by atoms with Crippen LogP contribution >= 0.6 is 0 Å². The van der Waals surface area contributed by atoms with Gasteiger partial charge in [-0.05, 0) is 24.3 Å². The Labute approximate surface area is 153 Å². The Morgan fingerprint density at radius 1 is 0.962 bits per heavy atom. The molecular weight excluding hydrogens is 328 g/mol. The van der Waals surface area contributed by atoms with E-state index in [1.807, 2.05) is 42.5 Å². The zero-order chi connectivity index (χ0) is 17.8. The Kier molecular flexibility index (Phi) is 4.84. The van der Waals surface area contributed by atoms with Gasteiger partial charge >= 0.3 is 0 Å². The molecule has 1 aromatic heterocycles. The molecule has 0 radical (unpaired) electrons. The minimum Gasteiger partial charge on any atom is -0.497 e. The Bertz CT molecular complexity index is 842. The van der Waals surface area contributed by atoms with E-state index in [9.17, 15) is 0 Å². The van der Waals surface area contributed by atoms with Gasteiger partial charge in [0.05, 0.1) is 13.7 Å². The van der Waals surface area contributed by atoms with Crippen LogP contribution in [0, 0.1) is 0 Å². The van der Waals surface area contributed by atoms with Crippen molar-refractivity contribution >= 4 is 5.69 Å². The van der Waals surface area contributed by atoms with Crippen LogP contribution in [0.4, 0.5) is 5.69 Å². The maximum absolute atomic E-state index is 5.82. The number of piperazine rings is 1. The maximum atomic E-state index is 5.82. The fourth-order valence-corrected chi connectivity index (χ4v) is 3.18. The molecule has 1 fully saturated rings. The predicted octanol–water partition coefficient (Wildman–Crippen LogP) is 3.07. The summed E-state index contributed by atoms with van der Waals surface area (Å²) >= 11 is 0. The van der Waals surface area contributed by atoms with E-state index in [1.54, 1.807) is 7.11 Å². The van der Waals surface area contributed by atoms with Crippen LogP contribution in [-0.4, -0.2) is 48.4 Å². The first kappa shape index (κ1) is 16.6. The van der Waals surface area contributed by atoms with Gasteiger partial charge in [0, 0.05) is 43.5 Å². The van der Waals surface area contributed by atoms with Gasteiger partial charge < -0.3 is 14.1 Å². The minimum atomic E-state index is 0.579. The summed E-state index contributed by atoms with van der Waals surface area (Å²) in [6.07, 6.45) is 0. The Morgan fingerprint density at radius 2 is 1.77 bits per heavy atom. The van der Waals surface area contributed by atoms with Crippen LogP contribution in [0.3, 0.4) is 0 Å². The molecule has 2 aromatic carbocycles. The number of benzene rings is 2. The second-order valence-electron chi connectivity index (χ2n) is 6.33. The Morgan fingerprint density at radius 3 is 2.54 bits per heavy atom. The Balaban J connectivity index is 1.35. The zero-order valence-corrected chi connectivity index (χ0v) is 14.8. The molecule has 0 spiro atoms. The zero-order valence-electron chi connectivity index (χ0n) is 14.8. The summed E-state index contributed by atoms with van der Waals surface area (Å²) in [6.45, 7) is 4.53. The lowest BCUT2D eigenvalue weighted by Crippen LogP contribution is -2.46. The van der Waals surface area contributed by atoms with Crippen molar-refractivity contribution in [1.29, 1.82) is 0 Å². The summed E-state index contributed by atoms with van der Waals surface area (Å²) in [5.74, 6) is 2.14. The van der Waals surface area contributed by atoms with E-state index in [0.717, 1.165) is 37.5 Å². The molecule has 2 heterocycles. The van der Waals surface area contributed by atoms with Crippen molar-refractivity contribution in [1.82, 2.24) is 15.1 Å². The number of hydrogen-bond donors (Lipinski definition) is 0. The number of ether oxygens (including phenoxy) is 1. The highest BCUT2D eigenvalue weighted by Gasteiger charge is 2.20. The van der Waals surface area contributed by atoms with E-state index in [2.05, 4.69) is 32.1 Å². The molecule has 4 rings (SSSR count). The topological polar surface area (TPSA) is 54.6 Å². The molecule has 1 saturated heterocycles. The van der Waals surface area contributed by atoms with Gasteiger partial charge in [-0.25, -0.2) is 0 Å². The third kappa shape index (κ3) is 3.70. The molecule has 0 saturated carbocycles. The quantitative estimate of drug-likeness (QED) is 0.705. The Hall–Kier alpha value is -2.86. The largest absolute Gasteiger partial charge is 0.497 e. The number of rotatable bonds is 5. The van der Waals surface area contributed by atoms with E-state index in [-0.39, 0.29) is 0 Å². The number of aromatic nitrogens is 2. The molecule has 0 unspecified atom stereocenters. The van der Waals surface area contributed by atoms with Crippen LogP contribution in [0.15, 0.2) is 59.0 Å². The van der Waals surface area contributed by atoms with E-state index >= 15 is 0 Å². The minimum absolute atomic E-state index is 0.579. The van der Waals surface area contributed by atoms with E-state index in [4.69, 9.17) is 9.15 Å². The smallest absolute Gasteiger partial charge is 0.247 e. The van der Waals surface area contributed by atoms with Gasteiger partial charge in [-0.1, -0.05) is 24.3 Å². The van der Waals surface area contributed by atoms with Gasteiger partial charge in [0.1, 0.15) is 5.75 Å². The van der Waals surface area contributed by atoms with Crippen molar-refractivity contribution in [2.24, 2.45) is 0 Å². The molecule has 6 nitrogen and oxygen atoms in total. The lowest BCUT2D eigenvalue weighted by atomic mass is 10.2. The average molecular weight is 350 g/mol. The lowest BCUT2D eigenvalue weighted by Gasteiger charge is -2.35. The van der Waals surface area contributed by atoms with E-state index in [1.165, 1.54) is 5.69 Å². The van der Waals surface area contributed by atoms with Crippen molar-refractivity contribution in [2.75, 3.05) is 38.2 Å². The van der Waals surface area contributed by atoms with Crippen molar-refractivity contribution in [3.8, 4) is 17.2 Å². The maximum Gasteiger partial charge on any atom is 0.247 e. The first-order valence-electron chi connectivity index (χ1n) is 8.81. The standard InChI is InChI=1S/C20H22N4O2/c1-25-18-9-5-8-17(14-18)24-12-10-23(11-13-24)15-19-21-22-20(26-19)16-6-3-2-4-7-16/h2-9,14H,10-13,15H2,1H3. The number of methoxy groups -OCH3 is 1. The highest BCUT2D eigenvalue weighted by atomic mass is 16.5. The summed E-state index contributed by atoms with van der Waals surface area (Å²) in [6, 6.07) is 18.1. The van der Waals surface area contributed by atoms with E-state index in [0.29, 0.717) is 18.3 Å². The summed E-state index contributed by atoms with van der Waals surface area (Å²) in [5.41, 5.74) is 2.15. The molecule has 1 aliphatic rings. The lowest BCUT2D eigenvalue weighted by molar-refractivity contribution is 0.227. The number of anilines is 1. The van der Waals surface area contributed by atoms with Crippen molar-refractivity contribution < 1.29 is 9.15 Å². The van der Waals surface area contributed by atoms with E-state index < -0.39 is 0 Å². The third-order valence-electron chi connectivity index (χ3n) is 4.64. The molecule has 26 heavy (non-hydrogen) atoms. The first-order valence-corrected chi connectivity index (χ1v) is 8.81. The fraction of sp³-hybridized carbons (Fsp3) is 0.300.